The average molecular weight is 309 g/mol. The first-order chi connectivity index (χ1) is 11.2. The van der Waals surface area contributed by atoms with Crippen LogP contribution < -0.4 is 4.74 Å². The molecule has 0 N–H and O–H groups in total. The first-order valence-corrected chi connectivity index (χ1v) is 7.13. The standard InChI is InChI=1S/C17H12FN3O2/c18-12-7-5-11(6-8-12)17-15(21-10-19-9-20-21)16(22)13-3-1-2-4-14(13)23-17/h1-10,15,17H/t15-,17+/m1/s1. The second-order valence-electron chi connectivity index (χ2n) is 5.27. The van der Waals surface area contributed by atoms with Gasteiger partial charge in [-0.3, -0.25) is 4.79 Å². The van der Waals surface area contributed by atoms with E-state index in [0.29, 0.717) is 16.9 Å². The minimum Gasteiger partial charge on any atom is -0.482 e. The number of hydrogen-bond acceptors (Lipinski definition) is 4. The molecule has 6 heteroatoms. The minimum absolute atomic E-state index is 0.105. The topological polar surface area (TPSA) is 57.0 Å². The second kappa shape index (κ2) is 5.31. The van der Waals surface area contributed by atoms with Crippen LogP contribution in [0.4, 0.5) is 4.39 Å². The lowest BCUT2D eigenvalue weighted by Crippen LogP contribution is -2.34. The van der Waals surface area contributed by atoms with Gasteiger partial charge in [-0.2, -0.15) is 5.10 Å². The molecule has 3 aromatic rings. The highest BCUT2D eigenvalue weighted by molar-refractivity contribution is 6.02. The normalized spacial score (nSPS) is 20.0. The van der Waals surface area contributed by atoms with Gasteiger partial charge in [-0.1, -0.05) is 24.3 Å². The number of carbonyl (C=O) groups is 1. The maximum atomic E-state index is 13.2. The molecule has 0 saturated carbocycles. The Bertz CT molecular complexity index is 847. The molecular weight excluding hydrogens is 297 g/mol. The van der Waals surface area contributed by atoms with Gasteiger partial charge in [-0.05, 0) is 29.8 Å². The van der Waals surface area contributed by atoms with Gasteiger partial charge in [0.05, 0.1) is 5.56 Å². The summed E-state index contributed by atoms with van der Waals surface area (Å²) in [4.78, 5) is 16.8. The van der Waals surface area contributed by atoms with Crippen LogP contribution in [0.3, 0.4) is 0 Å². The summed E-state index contributed by atoms with van der Waals surface area (Å²) in [6.07, 6.45) is 2.26. The predicted molar refractivity (Wildman–Crippen MR) is 79.6 cm³/mol. The zero-order valence-electron chi connectivity index (χ0n) is 12.0. The number of aromatic nitrogens is 3. The lowest BCUT2D eigenvalue weighted by molar-refractivity contribution is 0.0653. The number of Topliss-reactive ketones (excluding diaryl/α,β-unsaturated/α-hetero) is 1. The van der Waals surface area contributed by atoms with Crippen molar-refractivity contribution < 1.29 is 13.9 Å². The number of ketones is 1. The van der Waals surface area contributed by atoms with Gasteiger partial charge >= 0.3 is 0 Å². The van der Waals surface area contributed by atoms with Crippen LogP contribution in [0.25, 0.3) is 0 Å². The number of halogens is 1. The van der Waals surface area contributed by atoms with Crippen molar-refractivity contribution in [2.24, 2.45) is 0 Å². The van der Waals surface area contributed by atoms with E-state index in [-0.39, 0.29) is 11.6 Å². The van der Waals surface area contributed by atoms with Crippen molar-refractivity contribution in [2.75, 3.05) is 0 Å². The van der Waals surface area contributed by atoms with Crippen LogP contribution in [0.1, 0.15) is 28.1 Å². The lowest BCUT2D eigenvalue weighted by atomic mass is 9.91. The molecule has 0 amide bonds. The first kappa shape index (κ1) is 13.6. The fraction of sp³-hybridized carbons (Fsp3) is 0.118. The molecule has 0 bridgehead atoms. The molecule has 1 aliphatic heterocycles. The summed E-state index contributed by atoms with van der Waals surface area (Å²) in [6.45, 7) is 0. The van der Waals surface area contributed by atoms with Crippen LogP contribution in [0.2, 0.25) is 0 Å². The summed E-state index contributed by atoms with van der Waals surface area (Å²) >= 11 is 0. The molecule has 2 atom stereocenters. The number of rotatable bonds is 2. The number of benzene rings is 2. The number of carbonyl (C=O) groups excluding carboxylic acids is 1. The van der Waals surface area contributed by atoms with Gasteiger partial charge in [0.15, 0.2) is 17.9 Å². The lowest BCUT2D eigenvalue weighted by Gasteiger charge is -2.32. The van der Waals surface area contributed by atoms with Gasteiger partial charge in [0.25, 0.3) is 0 Å². The summed E-state index contributed by atoms with van der Waals surface area (Å²) in [7, 11) is 0. The van der Waals surface area contributed by atoms with E-state index in [1.54, 1.807) is 30.3 Å². The SMILES string of the molecule is O=C1c2ccccc2O[C@@H](c2ccc(F)cc2)[C@@H]1n1cncn1. The predicted octanol–water partition coefficient (Wildman–Crippen LogP) is 2.97. The van der Waals surface area contributed by atoms with Crippen LogP contribution in [0.15, 0.2) is 61.2 Å². The van der Waals surface area contributed by atoms with Crippen LogP contribution in [-0.2, 0) is 0 Å². The van der Waals surface area contributed by atoms with Crippen LogP contribution in [0, 0.1) is 5.82 Å². The van der Waals surface area contributed by atoms with Crippen molar-refractivity contribution in [3.05, 3.63) is 78.1 Å². The largest absolute Gasteiger partial charge is 0.482 e. The summed E-state index contributed by atoms with van der Waals surface area (Å²) in [5.41, 5.74) is 1.21. The summed E-state index contributed by atoms with van der Waals surface area (Å²) in [5, 5.41) is 4.09. The molecule has 4 rings (SSSR count). The third-order valence-electron chi connectivity index (χ3n) is 3.88. The van der Waals surface area contributed by atoms with Crippen LogP contribution >= 0.6 is 0 Å². The summed E-state index contributed by atoms with van der Waals surface area (Å²) < 4.78 is 20.7. The molecule has 0 saturated heterocycles. The number of hydrogen-bond donors (Lipinski definition) is 0. The molecule has 0 spiro atoms. The number of fused-ring (bicyclic) bond motifs is 1. The third kappa shape index (κ3) is 2.28. The smallest absolute Gasteiger partial charge is 0.195 e. The summed E-state index contributed by atoms with van der Waals surface area (Å²) in [5.74, 6) is 0.0726. The summed E-state index contributed by atoms with van der Waals surface area (Å²) in [6, 6.07) is 12.3. The fourth-order valence-corrected chi connectivity index (χ4v) is 2.79. The molecule has 0 fully saturated rings. The maximum Gasteiger partial charge on any atom is 0.195 e. The van der Waals surface area contributed by atoms with Crippen LogP contribution in [-0.4, -0.2) is 20.5 Å². The molecule has 1 aliphatic rings. The van der Waals surface area contributed by atoms with Gasteiger partial charge in [0.1, 0.15) is 24.2 Å². The Kier molecular flexibility index (Phi) is 3.15. The highest BCUT2D eigenvalue weighted by atomic mass is 19.1. The van der Waals surface area contributed by atoms with Crippen molar-refractivity contribution in [3.8, 4) is 5.75 Å². The number of para-hydroxylation sites is 1. The maximum absolute atomic E-state index is 13.2. The van der Waals surface area contributed by atoms with E-state index >= 15 is 0 Å². The van der Waals surface area contributed by atoms with Gasteiger partial charge in [-0.15, -0.1) is 0 Å². The molecule has 1 aromatic heterocycles. The Balaban J connectivity index is 1.85. The zero-order valence-corrected chi connectivity index (χ0v) is 12.0. The van der Waals surface area contributed by atoms with E-state index in [1.807, 2.05) is 6.07 Å². The van der Waals surface area contributed by atoms with Gasteiger partial charge in [0.2, 0.25) is 0 Å². The highest BCUT2D eigenvalue weighted by Crippen LogP contribution is 2.40. The number of ether oxygens (including phenoxy) is 1. The Morgan fingerprint density at radius 2 is 1.87 bits per heavy atom. The second-order valence-corrected chi connectivity index (χ2v) is 5.27. The van der Waals surface area contributed by atoms with E-state index in [4.69, 9.17) is 4.74 Å². The van der Waals surface area contributed by atoms with Crippen molar-refractivity contribution >= 4 is 5.78 Å². The van der Waals surface area contributed by atoms with Crippen LogP contribution in [0.5, 0.6) is 5.75 Å². The molecule has 114 valence electrons. The van der Waals surface area contributed by atoms with E-state index in [1.165, 1.54) is 29.5 Å². The Morgan fingerprint density at radius 1 is 1.09 bits per heavy atom. The molecule has 2 heterocycles. The Hall–Kier alpha value is -3.02. The monoisotopic (exact) mass is 309 g/mol. The average Bonchev–Trinajstić information content (AvgIpc) is 3.09. The van der Waals surface area contributed by atoms with Gasteiger partial charge in [0, 0.05) is 0 Å². The molecular formula is C17H12FN3O2. The quantitative estimate of drug-likeness (QED) is 0.730. The third-order valence-corrected chi connectivity index (χ3v) is 3.88. The highest BCUT2D eigenvalue weighted by Gasteiger charge is 2.39. The van der Waals surface area contributed by atoms with Gasteiger partial charge < -0.3 is 4.74 Å². The minimum atomic E-state index is -0.683. The van der Waals surface area contributed by atoms with E-state index in [9.17, 15) is 9.18 Å². The first-order valence-electron chi connectivity index (χ1n) is 7.13. The van der Waals surface area contributed by atoms with E-state index < -0.39 is 12.1 Å². The molecule has 0 radical (unpaired) electrons. The molecule has 5 nitrogen and oxygen atoms in total. The Labute approximate surface area is 131 Å². The molecule has 2 aromatic carbocycles. The molecule has 0 unspecified atom stereocenters. The van der Waals surface area contributed by atoms with E-state index in [0.717, 1.165) is 0 Å². The zero-order chi connectivity index (χ0) is 15.8. The molecule has 0 aliphatic carbocycles. The Morgan fingerprint density at radius 3 is 2.61 bits per heavy atom. The van der Waals surface area contributed by atoms with Crippen molar-refractivity contribution in [3.63, 3.8) is 0 Å². The van der Waals surface area contributed by atoms with E-state index in [2.05, 4.69) is 10.1 Å². The molecule has 23 heavy (non-hydrogen) atoms. The fourth-order valence-electron chi connectivity index (χ4n) is 2.79. The van der Waals surface area contributed by atoms with Crippen molar-refractivity contribution in [1.29, 1.82) is 0 Å². The van der Waals surface area contributed by atoms with Gasteiger partial charge in [-0.25, -0.2) is 14.1 Å². The number of nitrogens with zero attached hydrogens (tertiary/aromatic N) is 3. The van der Waals surface area contributed by atoms with Crippen molar-refractivity contribution in [1.82, 2.24) is 14.8 Å². The van der Waals surface area contributed by atoms with Crippen molar-refractivity contribution in [2.45, 2.75) is 12.1 Å².